The third-order valence-corrected chi connectivity index (χ3v) is 6.58. The van der Waals surface area contributed by atoms with Gasteiger partial charge in [-0.1, -0.05) is 72.8 Å². The van der Waals surface area contributed by atoms with Gasteiger partial charge >= 0.3 is 0 Å². The molecule has 0 aliphatic heterocycles. The summed E-state index contributed by atoms with van der Waals surface area (Å²) >= 11 is 0. The maximum absolute atomic E-state index is 13.1. The van der Waals surface area contributed by atoms with Crippen LogP contribution in [0.15, 0.2) is 120 Å². The average Bonchev–Trinajstić information content (AvgIpc) is 3.46. The fourth-order valence-corrected chi connectivity index (χ4v) is 4.38. The molecule has 4 aromatic carbocycles. The second-order valence-electron chi connectivity index (χ2n) is 9.49. The number of ether oxygens (including phenoxy) is 1. The highest BCUT2D eigenvalue weighted by molar-refractivity contribution is 5.91. The number of rotatable bonds is 11. The molecule has 1 N–H and O–H groups in total. The molecule has 5 rings (SSSR count). The minimum Gasteiger partial charge on any atom is -0.457 e. The van der Waals surface area contributed by atoms with Gasteiger partial charge in [-0.3, -0.25) is 9.69 Å². The first kappa shape index (κ1) is 26.8. The molecule has 40 heavy (non-hydrogen) atoms. The third kappa shape index (κ3) is 7.21. The van der Waals surface area contributed by atoms with Gasteiger partial charge in [0.15, 0.2) is 5.69 Å². The lowest BCUT2D eigenvalue weighted by Crippen LogP contribution is -2.27. The molecule has 0 aliphatic carbocycles. The number of benzene rings is 4. The van der Waals surface area contributed by atoms with Crippen LogP contribution in [0.1, 0.15) is 46.0 Å². The highest BCUT2D eigenvalue weighted by Gasteiger charge is 2.21. The predicted octanol–water partition coefficient (Wildman–Crippen LogP) is 7.30. The highest BCUT2D eigenvalue weighted by atomic mass is 19.1. The number of oxazole rings is 1. The Morgan fingerprint density at radius 2 is 1.57 bits per heavy atom. The summed E-state index contributed by atoms with van der Waals surface area (Å²) in [6, 6.07) is 33.9. The monoisotopic (exact) mass is 535 g/mol. The number of carbonyl (C=O) groups excluding carboxylic acids is 1. The van der Waals surface area contributed by atoms with Gasteiger partial charge in [0, 0.05) is 19.1 Å². The number of aromatic nitrogens is 1. The molecule has 0 aliphatic rings. The van der Waals surface area contributed by atoms with Crippen LogP contribution in [-0.2, 0) is 19.6 Å². The molecule has 0 fully saturated rings. The summed E-state index contributed by atoms with van der Waals surface area (Å²) in [7, 11) is 0. The molecule has 7 heteroatoms. The van der Waals surface area contributed by atoms with Crippen LogP contribution in [-0.4, -0.2) is 15.8 Å². The Bertz CT molecular complexity index is 1520. The van der Waals surface area contributed by atoms with Gasteiger partial charge in [0.2, 0.25) is 5.89 Å². The molecular formula is C33H30FN3O3. The normalized spacial score (nSPS) is 11.8. The smallest absolute Gasteiger partial charge is 0.273 e. The molecule has 1 unspecified atom stereocenters. The fraction of sp³-hybridized carbons (Fsp3) is 0.152. The SMILES string of the molecule is CC(c1ccccc1)N(Cc1cccc(Oc2ccccc2)c1)Cc1nc(C(=O)NCc2ccc(F)cc2)co1. The zero-order chi connectivity index (χ0) is 27.7. The van der Waals surface area contributed by atoms with E-state index < -0.39 is 0 Å². The summed E-state index contributed by atoms with van der Waals surface area (Å²) in [5, 5.41) is 2.80. The second kappa shape index (κ2) is 12.9. The summed E-state index contributed by atoms with van der Waals surface area (Å²) in [5.41, 5.74) is 3.21. The van der Waals surface area contributed by atoms with Crippen molar-refractivity contribution in [1.29, 1.82) is 0 Å². The van der Waals surface area contributed by atoms with Gasteiger partial charge in [0.1, 0.15) is 23.6 Å². The van der Waals surface area contributed by atoms with Crippen molar-refractivity contribution in [1.82, 2.24) is 15.2 Å². The Kier molecular flexibility index (Phi) is 8.63. The number of nitrogens with zero attached hydrogens (tertiary/aromatic N) is 2. The van der Waals surface area contributed by atoms with Crippen LogP contribution in [0.4, 0.5) is 4.39 Å². The minimum atomic E-state index is -0.354. The van der Waals surface area contributed by atoms with Crippen molar-refractivity contribution in [2.24, 2.45) is 0 Å². The first-order valence-electron chi connectivity index (χ1n) is 13.1. The summed E-state index contributed by atoms with van der Waals surface area (Å²) in [4.78, 5) is 19.4. The summed E-state index contributed by atoms with van der Waals surface area (Å²) in [5.74, 6) is 1.30. The Labute approximate surface area is 233 Å². The van der Waals surface area contributed by atoms with Gasteiger partial charge in [-0.25, -0.2) is 9.37 Å². The molecular weight excluding hydrogens is 505 g/mol. The summed E-state index contributed by atoms with van der Waals surface area (Å²) in [6.45, 7) is 3.40. The van der Waals surface area contributed by atoms with Crippen molar-refractivity contribution in [3.8, 4) is 11.5 Å². The van der Waals surface area contributed by atoms with Crippen LogP contribution in [0.5, 0.6) is 11.5 Å². The average molecular weight is 536 g/mol. The Morgan fingerprint density at radius 3 is 2.33 bits per heavy atom. The van der Waals surface area contributed by atoms with E-state index in [1.165, 1.54) is 18.4 Å². The minimum absolute atomic E-state index is 0.0440. The topological polar surface area (TPSA) is 67.6 Å². The van der Waals surface area contributed by atoms with E-state index in [1.807, 2.05) is 66.7 Å². The lowest BCUT2D eigenvalue weighted by molar-refractivity contribution is 0.0945. The fourth-order valence-electron chi connectivity index (χ4n) is 4.38. The van der Waals surface area contributed by atoms with Crippen molar-refractivity contribution >= 4 is 5.91 Å². The Balaban J connectivity index is 1.30. The van der Waals surface area contributed by atoms with Crippen LogP contribution in [0, 0.1) is 5.82 Å². The number of halogens is 1. The molecule has 1 aromatic heterocycles. The van der Waals surface area contributed by atoms with E-state index in [-0.39, 0.29) is 30.0 Å². The van der Waals surface area contributed by atoms with Crippen LogP contribution >= 0.6 is 0 Å². The van der Waals surface area contributed by atoms with Gasteiger partial charge in [0.25, 0.3) is 5.91 Å². The van der Waals surface area contributed by atoms with Gasteiger partial charge in [-0.05, 0) is 60.0 Å². The van der Waals surface area contributed by atoms with E-state index in [4.69, 9.17) is 9.15 Å². The van der Waals surface area contributed by atoms with Gasteiger partial charge in [-0.2, -0.15) is 0 Å². The molecule has 0 radical (unpaired) electrons. The predicted molar refractivity (Wildman–Crippen MR) is 151 cm³/mol. The number of hydrogen-bond donors (Lipinski definition) is 1. The zero-order valence-electron chi connectivity index (χ0n) is 22.2. The maximum atomic E-state index is 13.1. The molecule has 6 nitrogen and oxygen atoms in total. The maximum Gasteiger partial charge on any atom is 0.273 e. The first-order chi connectivity index (χ1) is 19.5. The van der Waals surface area contributed by atoms with E-state index in [1.54, 1.807) is 12.1 Å². The lowest BCUT2D eigenvalue weighted by atomic mass is 10.1. The van der Waals surface area contributed by atoms with E-state index in [0.717, 1.165) is 28.2 Å². The van der Waals surface area contributed by atoms with Gasteiger partial charge < -0.3 is 14.5 Å². The first-order valence-corrected chi connectivity index (χ1v) is 13.1. The van der Waals surface area contributed by atoms with Crippen LogP contribution in [0.25, 0.3) is 0 Å². The molecule has 5 aromatic rings. The van der Waals surface area contributed by atoms with Crippen molar-refractivity contribution < 1.29 is 18.3 Å². The largest absolute Gasteiger partial charge is 0.457 e. The number of hydrogen-bond acceptors (Lipinski definition) is 5. The third-order valence-electron chi connectivity index (χ3n) is 6.58. The number of amides is 1. The number of para-hydroxylation sites is 1. The molecule has 202 valence electrons. The van der Waals surface area contributed by atoms with Gasteiger partial charge in [-0.15, -0.1) is 0 Å². The van der Waals surface area contributed by atoms with Crippen LogP contribution in [0.2, 0.25) is 0 Å². The molecule has 1 amide bonds. The van der Waals surface area contributed by atoms with Crippen molar-refractivity contribution in [3.63, 3.8) is 0 Å². The molecule has 1 heterocycles. The van der Waals surface area contributed by atoms with Gasteiger partial charge in [0.05, 0.1) is 6.54 Å². The van der Waals surface area contributed by atoms with Crippen LogP contribution < -0.4 is 10.1 Å². The highest BCUT2D eigenvalue weighted by Crippen LogP contribution is 2.27. The summed E-state index contributed by atoms with van der Waals surface area (Å²) < 4.78 is 24.9. The number of nitrogens with one attached hydrogen (secondary N) is 1. The molecule has 0 spiro atoms. The van der Waals surface area contributed by atoms with Crippen molar-refractivity contribution in [2.75, 3.05) is 0 Å². The Hall–Kier alpha value is -4.75. The van der Waals surface area contributed by atoms with Crippen LogP contribution in [0.3, 0.4) is 0 Å². The lowest BCUT2D eigenvalue weighted by Gasteiger charge is -2.28. The molecule has 1 atom stereocenters. The molecule has 0 saturated carbocycles. The van der Waals surface area contributed by atoms with E-state index in [0.29, 0.717) is 19.0 Å². The van der Waals surface area contributed by atoms with Crippen molar-refractivity contribution in [2.45, 2.75) is 32.6 Å². The van der Waals surface area contributed by atoms with Crippen molar-refractivity contribution in [3.05, 3.63) is 150 Å². The Morgan fingerprint density at radius 1 is 0.875 bits per heavy atom. The molecule has 0 saturated heterocycles. The second-order valence-corrected chi connectivity index (χ2v) is 9.49. The van der Waals surface area contributed by atoms with E-state index in [9.17, 15) is 9.18 Å². The molecule has 0 bridgehead atoms. The quantitative estimate of drug-likeness (QED) is 0.192. The standard InChI is InChI=1S/C33H30FN3O3/c1-24(27-10-4-2-5-11-27)37(21-26-9-8-14-30(19-26)40-29-12-6-3-7-13-29)22-32-36-31(23-39-32)33(38)35-20-25-15-17-28(34)18-16-25/h2-19,23-24H,20-22H2,1H3,(H,35,38). The van der Waals surface area contributed by atoms with E-state index in [2.05, 4.69) is 40.3 Å². The number of carbonyl (C=O) groups is 1. The zero-order valence-corrected chi connectivity index (χ0v) is 22.2. The summed E-state index contributed by atoms with van der Waals surface area (Å²) in [6.07, 6.45) is 1.37. The van der Waals surface area contributed by atoms with E-state index >= 15 is 0 Å².